The molecule has 8 heteroatoms. The first kappa shape index (κ1) is 17.4. The van der Waals surface area contributed by atoms with Crippen LogP contribution >= 0.6 is 12.2 Å². The molecule has 0 aromatic heterocycles. The van der Waals surface area contributed by atoms with E-state index in [-0.39, 0.29) is 16.6 Å². The predicted molar refractivity (Wildman–Crippen MR) is 104 cm³/mol. The maximum absolute atomic E-state index is 12.5. The Labute approximate surface area is 155 Å². The summed E-state index contributed by atoms with van der Waals surface area (Å²) >= 11 is 4.87. The van der Waals surface area contributed by atoms with Crippen LogP contribution in [-0.2, 0) is 4.79 Å². The van der Waals surface area contributed by atoms with Crippen LogP contribution in [0, 0.1) is 0 Å². The molecule has 0 saturated carbocycles. The minimum absolute atomic E-state index is 0.0653. The zero-order valence-corrected chi connectivity index (χ0v) is 14.7. The van der Waals surface area contributed by atoms with Crippen molar-refractivity contribution < 1.29 is 9.59 Å². The van der Waals surface area contributed by atoms with Gasteiger partial charge in [0.25, 0.3) is 0 Å². The van der Waals surface area contributed by atoms with Crippen molar-refractivity contribution in [2.45, 2.75) is 6.92 Å². The highest BCUT2D eigenvalue weighted by Gasteiger charge is 2.34. The number of hydrogen-bond acceptors (Lipinski definition) is 6. The second kappa shape index (κ2) is 7.24. The highest BCUT2D eigenvalue weighted by molar-refractivity contribution is 7.80. The average Bonchev–Trinajstić information content (AvgIpc) is 2.97. The van der Waals surface area contributed by atoms with Crippen LogP contribution in [0.25, 0.3) is 0 Å². The van der Waals surface area contributed by atoms with E-state index in [2.05, 4.69) is 15.6 Å². The molecule has 1 aliphatic heterocycles. The smallest absolute Gasteiger partial charge is 0.303 e. The van der Waals surface area contributed by atoms with Gasteiger partial charge in [-0.25, -0.2) is 0 Å². The van der Waals surface area contributed by atoms with E-state index in [0.717, 1.165) is 5.01 Å². The maximum atomic E-state index is 12.5. The number of benzene rings is 2. The average molecular weight is 365 g/mol. The molecule has 1 heterocycles. The maximum Gasteiger partial charge on any atom is 0.303 e. The molecule has 0 spiro atoms. The molecule has 0 saturated heterocycles. The van der Waals surface area contributed by atoms with Crippen molar-refractivity contribution in [1.82, 2.24) is 5.01 Å². The third-order valence-corrected chi connectivity index (χ3v) is 3.81. The Hall–Kier alpha value is -3.39. The van der Waals surface area contributed by atoms with Gasteiger partial charge in [0.05, 0.1) is 5.69 Å². The third kappa shape index (κ3) is 3.50. The summed E-state index contributed by atoms with van der Waals surface area (Å²) in [7, 11) is 0. The van der Waals surface area contributed by atoms with Crippen molar-refractivity contribution in [3.8, 4) is 0 Å². The zero-order chi connectivity index (χ0) is 18.7. The number of nitrogens with one attached hydrogen (secondary N) is 1. The van der Waals surface area contributed by atoms with Gasteiger partial charge in [-0.3, -0.25) is 15.0 Å². The Morgan fingerprint density at radius 3 is 2.58 bits per heavy atom. The lowest BCUT2D eigenvalue weighted by Crippen LogP contribution is -2.36. The molecule has 3 rings (SSSR count). The summed E-state index contributed by atoms with van der Waals surface area (Å²) in [6, 6.07) is 15.9. The van der Waals surface area contributed by atoms with Crippen LogP contribution in [0.15, 0.2) is 64.8 Å². The van der Waals surface area contributed by atoms with Crippen molar-refractivity contribution in [2.75, 3.05) is 5.43 Å². The van der Waals surface area contributed by atoms with Crippen molar-refractivity contribution in [3.63, 3.8) is 0 Å². The van der Waals surface area contributed by atoms with E-state index in [0.29, 0.717) is 22.5 Å². The van der Waals surface area contributed by atoms with Crippen molar-refractivity contribution in [3.05, 3.63) is 65.7 Å². The van der Waals surface area contributed by atoms with Crippen LogP contribution < -0.4 is 11.2 Å². The second-order valence-corrected chi connectivity index (χ2v) is 5.90. The van der Waals surface area contributed by atoms with E-state index in [4.69, 9.17) is 18.0 Å². The fourth-order valence-corrected chi connectivity index (χ4v) is 2.49. The number of amides is 1. The number of rotatable bonds is 4. The van der Waals surface area contributed by atoms with Gasteiger partial charge >= 0.3 is 5.91 Å². The lowest BCUT2D eigenvalue weighted by atomic mass is 10.1. The molecule has 0 bridgehead atoms. The molecular weight excluding hydrogens is 350 g/mol. The van der Waals surface area contributed by atoms with Crippen LogP contribution in [0.5, 0.6) is 0 Å². The topological polar surface area (TPSA) is 100 Å². The number of thiocarbonyl (C=S) groups is 1. The number of nitrogens with two attached hydrogens (primary N) is 1. The van der Waals surface area contributed by atoms with Gasteiger partial charge in [0.15, 0.2) is 16.6 Å². The predicted octanol–water partition coefficient (Wildman–Crippen LogP) is 2.15. The first-order valence-electron chi connectivity index (χ1n) is 7.70. The van der Waals surface area contributed by atoms with Gasteiger partial charge in [-0.05, 0) is 31.3 Å². The standard InChI is InChI=1S/C18H15N5O2S/c1-11(24)13-8-5-9-14(10-13)20-21-16-15(12-6-3-2-4-7-12)22-23(17(16)25)18(19)26/h2-10,20H,1H3,(H2,19,26)/b21-16+. The van der Waals surface area contributed by atoms with Gasteiger partial charge in [0.1, 0.15) is 5.71 Å². The number of carbonyl (C=O) groups excluding carboxylic acids is 2. The molecule has 0 atom stereocenters. The van der Waals surface area contributed by atoms with Crippen LogP contribution in [0.2, 0.25) is 0 Å². The van der Waals surface area contributed by atoms with Crippen molar-refractivity contribution in [1.29, 1.82) is 0 Å². The SMILES string of the molecule is CC(=O)c1cccc(N/N=C2/C(=O)N(C(N)=S)N=C2c2ccccc2)c1. The van der Waals surface area contributed by atoms with Crippen LogP contribution in [-0.4, -0.2) is 33.2 Å². The molecular formula is C18H15N5O2S. The summed E-state index contributed by atoms with van der Waals surface area (Å²) in [6.07, 6.45) is 0. The van der Waals surface area contributed by atoms with E-state index in [1.165, 1.54) is 6.92 Å². The summed E-state index contributed by atoms with van der Waals surface area (Å²) in [5.41, 5.74) is 10.6. The van der Waals surface area contributed by atoms with Crippen molar-refractivity contribution >= 4 is 46.1 Å². The molecule has 2 aromatic carbocycles. The zero-order valence-electron chi connectivity index (χ0n) is 13.8. The van der Waals surface area contributed by atoms with Crippen LogP contribution in [0.4, 0.5) is 5.69 Å². The lowest BCUT2D eigenvalue weighted by Gasteiger charge is -2.07. The molecule has 1 amide bonds. The van der Waals surface area contributed by atoms with Gasteiger partial charge in [0.2, 0.25) is 0 Å². The Morgan fingerprint density at radius 1 is 1.19 bits per heavy atom. The minimum Gasteiger partial charge on any atom is -0.374 e. The monoisotopic (exact) mass is 365 g/mol. The Morgan fingerprint density at radius 2 is 1.92 bits per heavy atom. The normalized spacial score (nSPS) is 15.1. The number of hydrogen-bond donors (Lipinski definition) is 2. The fraction of sp³-hybridized carbons (Fsp3) is 0.0556. The molecule has 26 heavy (non-hydrogen) atoms. The number of hydrazone groups is 2. The molecule has 2 aromatic rings. The van der Waals surface area contributed by atoms with Crippen LogP contribution in [0.1, 0.15) is 22.8 Å². The molecule has 0 radical (unpaired) electrons. The minimum atomic E-state index is -0.522. The number of nitrogens with zero attached hydrogens (tertiary/aromatic N) is 3. The van der Waals surface area contributed by atoms with Gasteiger partial charge in [-0.2, -0.15) is 15.2 Å². The largest absolute Gasteiger partial charge is 0.374 e. The molecule has 7 nitrogen and oxygen atoms in total. The summed E-state index contributed by atoms with van der Waals surface area (Å²) in [4.78, 5) is 24.0. The molecule has 3 N–H and O–H groups in total. The highest BCUT2D eigenvalue weighted by Crippen LogP contribution is 2.16. The summed E-state index contributed by atoms with van der Waals surface area (Å²) in [5, 5.41) is 9.15. The summed E-state index contributed by atoms with van der Waals surface area (Å²) in [6.45, 7) is 1.48. The van der Waals surface area contributed by atoms with Gasteiger partial charge in [0, 0.05) is 11.1 Å². The van der Waals surface area contributed by atoms with Gasteiger partial charge < -0.3 is 5.73 Å². The first-order valence-corrected chi connectivity index (χ1v) is 8.11. The third-order valence-electron chi connectivity index (χ3n) is 3.64. The Kier molecular flexibility index (Phi) is 4.85. The number of anilines is 1. The van der Waals surface area contributed by atoms with E-state index in [1.54, 1.807) is 36.4 Å². The second-order valence-electron chi connectivity index (χ2n) is 5.48. The van der Waals surface area contributed by atoms with Crippen molar-refractivity contribution in [2.24, 2.45) is 15.9 Å². The molecule has 1 aliphatic rings. The van der Waals surface area contributed by atoms with Gasteiger partial charge in [-0.15, -0.1) is 0 Å². The van der Waals surface area contributed by atoms with E-state index in [9.17, 15) is 9.59 Å². The Balaban J connectivity index is 1.96. The summed E-state index contributed by atoms with van der Waals surface area (Å²) in [5.74, 6) is -0.587. The molecule has 0 aliphatic carbocycles. The Bertz CT molecular complexity index is 953. The quantitative estimate of drug-likeness (QED) is 0.491. The van der Waals surface area contributed by atoms with E-state index < -0.39 is 5.91 Å². The number of Topliss-reactive ketones (excluding diaryl/α,β-unsaturated/α-hetero) is 1. The van der Waals surface area contributed by atoms with E-state index in [1.807, 2.05) is 18.2 Å². The van der Waals surface area contributed by atoms with E-state index >= 15 is 0 Å². The molecule has 0 unspecified atom stereocenters. The van der Waals surface area contributed by atoms with Crippen LogP contribution in [0.3, 0.4) is 0 Å². The molecule has 130 valence electrons. The number of ketones is 1. The lowest BCUT2D eigenvalue weighted by molar-refractivity contribution is -0.119. The fourth-order valence-electron chi connectivity index (χ4n) is 2.36. The van der Waals surface area contributed by atoms with Gasteiger partial charge in [-0.1, -0.05) is 42.5 Å². The summed E-state index contributed by atoms with van der Waals surface area (Å²) < 4.78 is 0. The molecule has 0 fully saturated rings. The highest BCUT2D eigenvalue weighted by atomic mass is 32.1. The number of carbonyl (C=O) groups is 2. The first-order chi connectivity index (χ1) is 12.5.